The Morgan fingerprint density at radius 2 is 1.70 bits per heavy atom. The van der Waals surface area contributed by atoms with E-state index in [1.54, 1.807) is 34.9 Å². The molecule has 1 aliphatic heterocycles. The number of allylic oxidation sites excluding steroid dienone is 5. The van der Waals surface area contributed by atoms with Crippen molar-refractivity contribution in [2.75, 3.05) is 18.9 Å². The molecule has 0 aliphatic carbocycles. The van der Waals surface area contributed by atoms with Gasteiger partial charge in [-0.15, -0.1) is 11.8 Å². The summed E-state index contributed by atoms with van der Waals surface area (Å²) >= 11 is 1.63. The Balaban J connectivity index is 1.36. The van der Waals surface area contributed by atoms with Gasteiger partial charge < -0.3 is 14.8 Å². The van der Waals surface area contributed by atoms with Crippen LogP contribution in [0.4, 0.5) is 0 Å². The minimum atomic E-state index is -4.24. The minimum Gasteiger partial charge on any atom is -0.452 e. The van der Waals surface area contributed by atoms with Crippen LogP contribution in [0, 0.1) is 5.21 Å². The van der Waals surface area contributed by atoms with Crippen LogP contribution in [-0.2, 0) is 9.84 Å². The van der Waals surface area contributed by atoms with Gasteiger partial charge in [0, 0.05) is 17.2 Å². The number of amides is 1. The van der Waals surface area contributed by atoms with Gasteiger partial charge in [-0.3, -0.25) is 9.42 Å². The summed E-state index contributed by atoms with van der Waals surface area (Å²) in [6.07, 6.45) is 12.5. The standard InChI is InChI=1S/C35H43N3O6S2/c1-26(2)13-10-14-27(3)15-11-16-28(4)22-24-45-32-21-9-8-20-31(32)34(39)37-23-12-17-29(37)25-43-33-35(38(40)44-36-33)46(41,42)30-18-6-5-7-19-30/h5-9,13,15,18-22,29H,10-12,14,16-17,23-25H2,1-4H3/b27-15+,28-22+/t29-/m1/s1. The Morgan fingerprint density at radius 1 is 1.02 bits per heavy atom. The summed E-state index contributed by atoms with van der Waals surface area (Å²) in [6, 6.07) is 14.8. The van der Waals surface area contributed by atoms with Crippen LogP contribution >= 0.6 is 11.8 Å². The number of carbonyl (C=O) groups excluding carboxylic acids is 1. The van der Waals surface area contributed by atoms with E-state index in [1.807, 2.05) is 24.3 Å². The fourth-order valence-corrected chi connectivity index (χ4v) is 7.56. The van der Waals surface area contributed by atoms with Gasteiger partial charge in [-0.25, -0.2) is 8.42 Å². The molecule has 2 heterocycles. The molecule has 9 nitrogen and oxygen atoms in total. The molecule has 246 valence electrons. The van der Waals surface area contributed by atoms with Crippen LogP contribution < -0.4 is 9.64 Å². The van der Waals surface area contributed by atoms with Gasteiger partial charge >= 0.3 is 10.9 Å². The van der Waals surface area contributed by atoms with Gasteiger partial charge in [-0.05, 0) is 95.4 Å². The van der Waals surface area contributed by atoms with E-state index in [0.29, 0.717) is 18.5 Å². The zero-order valence-electron chi connectivity index (χ0n) is 27.0. The van der Waals surface area contributed by atoms with Crippen molar-refractivity contribution in [2.24, 2.45) is 0 Å². The van der Waals surface area contributed by atoms with E-state index >= 15 is 0 Å². The van der Waals surface area contributed by atoms with Gasteiger partial charge in [0.2, 0.25) is 0 Å². The lowest BCUT2D eigenvalue weighted by Gasteiger charge is -2.25. The lowest BCUT2D eigenvalue weighted by atomic mass is 10.1. The second-order valence-corrected chi connectivity index (χ2v) is 14.7. The number of hydrogen-bond donors (Lipinski definition) is 0. The molecule has 1 amide bonds. The summed E-state index contributed by atoms with van der Waals surface area (Å²) in [6.45, 7) is 9.12. The summed E-state index contributed by atoms with van der Waals surface area (Å²) in [7, 11) is -4.24. The predicted octanol–water partition coefficient (Wildman–Crippen LogP) is 7.34. The smallest absolute Gasteiger partial charge is 0.415 e. The molecule has 4 rings (SSSR count). The molecule has 0 saturated carbocycles. The summed E-state index contributed by atoms with van der Waals surface area (Å²) in [4.78, 5) is 16.2. The quantitative estimate of drug-likeness (QED) is 0.0941. The van der Waals surface area contributed by atoms with Gasteiger partial charge in [0.25, 0.3) is 15.7 Å². The fourth-order valence-electron chi connectivity index (χ4n) is 5.23. The first-order valence-electron chi connectivity index (χ1n) is 15.6. The van der Waals surface area contributed by atoms with Crippen molar-refractivity contribution < 1.29 is 27.5 Å². The van der Waals surface area contributed by atoms with Gasteiger partial charge in [0.05, 0.1) is 21.7 Å². The van der Waals surface area contributed by atoms with Crippen molar-refractivity contribution in [3.8, 4) is 5.88 Å². The number of hydrogen-bond acceptors (Lipinski definition) is 8. The van der Waals surface area contributed by atoms with Crippen molar-refractivity contribution in [3.63, 3.8) is 0 Å². The van der Waals surface area contributed by atoms with E-state index in [9.17, 15) is 18.4 Å². The van der Waals surface area contributed by atoms with Crippen molar-refractivity contribution >= 4 is 27.5 Å². The summed E-state index contributed by atoms with van der Waals surface area (Å²) in [5.41, 5.74) is 4.72. The highest BCUT2D eigenvalue weighted by Crippen LogP contribution is 2.29. The van der Waals surface area contributed by atoms with E-state index in [2.05, 4.69) is 55.7 Å². The third-order valence-electron chi connectivity index (χ3n) is 7.82. The largest absolute Gasteiger partial charge is 0.452 e. The zero-order chi connectivity index (χ0) is 33.1. The SMILES string of the molecule is CC(C)=CCC/C(C)=C/CC/C(C)=C/CSc1ccccc1C(=O)N1CCC[C@@H]1COc1no[n+]([O-])c1S(=O)(=O)c1ccccc1. The number of nitrogens with zero attached hydrogens (tertiary/aromatic N) is 3. The van der Waals surface area contributed by atoms with Gasteiger partial charge in [-0.2, -0.15) is 0 Å². The molecular weight excluding hydrogens is 623 g/mol. The van der Waals surface area contributed by atoms with Crippen molar-refractivity contribution in [1.82, 2.24) is 10.1 Å². The molecule has 1 saturated heterocycles. The molecule has 1 aliphatic rings. The summed E-state index contributed by atoms with van der Waals surface area (Å²) in [5.74, 6) is 0.219. The van der Waals surface area contributed by atoms with Gasteiger partial charge in [0.15, 0.2) is 0 Å². The van der Waals surface area contributed by atoms with E-state index in [-0.39, 0.29) is 28.4 Å². The van der Waals surface area contributed by atoms with Crippen LogP contribution in [0.1, 0.15) is 76.6 Å². The first-order chi connectivity index (χ1) is 22.1. The first kappa shape index (κ1) is 35.0. The normalized spacial score (nSPS) is 15.7. The molecular formula is C35H43N3O6S2. The molecule has 0 radical (unpaired) electrons. The lowest BCUT2D eigenvalue weighted by Crippen LogP contribution is -2.39. The highest BCUT2D eigenvalue weighted by molar-refractivity contribution is 7.99. The average molecular weight is 666 g/mol. The molecule has 11 heteroatoms. The molecule has 0 N–H and O–H groups in total. The number of ether oxygens (including phenoxy) is 1. The van der Waals surface area contributed by atoms with E-state index < -0.39 is 20.7 Å². The van der Waals surface area contributed by atoms with Crippen molar-refractivity contribution in [2.45, 2.75) is 87.1 Å². The summed E-state index contributed by atoms with van der Waals surface area (Å²) in [5, 5.41) is 15.1. The number of aromatic nitrogens is 2. The number of rotatable bonds is 15. The third-order valence-corrected chi connectivity index (χ3v) is 10.5. The molecule has 1 fully saturated rings. The first-order valence-corrected chi connectivity index (χ1v) is 18.0. The molecule has 0 bridgehead atoms. The third kappa shape index (κ3) is 9.35. The molecule has 0 spiro atoms. The molecule has 2 aromatic carbocycles. The van der Waals surface area contributed by atoms with E-state index in [1.165, 1.54) is 28.9 Å². The highest BCUT2D eigenvalue weighted by Gasteiger charge is 2.37. The summed E-state index contributed by atoms with van der Waals surface area (Å²) < 4.78 is 36.6. The molecule has 0 unspecified atom stereocenters. The Hall–Kier alpha value is -3.83. The van der Waals surface area contributed by atoms with Crippen LogP contribution in [-0.4, -0.2) is 49.3 Å². The molecule has 46 heavy (non-hydrogen) atoms. The number of thioether (sulfide) groups is 1. The second-order valence-electron chi connectivity index (χ2n) is 11.7. The number of likely N-dealkylation sites (tertiary alicyclic amines) is 1. The molecule has 1 atom stereocenters. The number of carbonyl (C=O) groups is 1. The predicted molar refractivity (Wildman–Crippen MR) is 179 cm³/mol. The van der Waals surface area contributed by atoms with Crippen LogP contribution in [0.2, 0.25) is 0 Å². The fraction of sp³-hybridized carbons (Fsp3) is 0.400. The Labute approximate surface area is 276 Å². The average Bonchev–Trinajstić information content (AvgIpc) is 3.66. The Morgan fingerprint density at radius 3 is 2.43 bits per heavy atom. The van der Waals surface area contributed by atoms with Crippen molar-refractivity contribution in [1.29, 1.82) is 0 Å². The van der Waals surface area contributed by atoms with Crippen LogP contribution in [0.5, 0.6) is 5.88 Å². The van der Waals surface area contributed by atoms with E-state index in [4.69, 9.17) is 4.74 Å². The van der Waals surface area contributed by atoms with E-state index in [0.717, 1.165) is 42.8 Å². The maximum absolute atomic E-state index is 13.8. The maximum Gasteiger partial charge on any atom is 0.415 e. The van der Waals surface area contributed by atoms with Crippen LogP contribution in [0.15, 0.2) is 109 Å². The lowest BCUT2D eigenvalue weighted by molar-refractivity contribution is -0.832. The second kappa shape index (κ2) is 16.6. The van der Waals surface area contributed by atoms with Crippen LogP contribution in [0.25, 0.3) is 0 Å². The van der Waals surface area contributed by atoms with Crippen molar-refractivity contribution in [3.05, 3.63) is 100 Å². The van der Waals surface area contributed by atoms with Gasteiger partial charge in [0.1, 0.15) is 6.61 Å². The topological polar surface area (TPSA) is 117 Å². The number of benzene rings is 2. The highest BCUT2D eigenvalue weighted by atomic mass is 32.2. The maximum atomic E-state index is 13.8. The Bertz CT molecular complexity index is 1670. The number of sulfone groups is 1. The van der Waals surface area contributed by atoms with Crippen LogP contribution in [0.3, 0.4) is 0 Å². The zero-order valence-corrected chi connectivity index (χ0v) is 28.6. The minimum absolute atomic E-state index is 0.0321. The molecule has 1 aromatic heterocycles. The monoisotopic (exact) mass is 665 g/mol. The van der Waals surface area contributed by atoms with Gasteiger partial charge in [-0.1, -0.05) is 65.3 Å². The Kier molecular flexibility index (Phi) is 12.7. The molecule has 3 aromatic rings.